The normalized spacial score (nSPS) is 17.2. The Morgan fingerprint density at radius 2 is 2.04 bits per heavy atom. The maximum absolute atomic E-state index is 12.5. The number of H-pyrrole nitrogens is 1. The van der Waals surface area contributed by atoms with Crippen molar-refractivity contribution >= 4 is 21.1 Å². The van der Waals surface area contributed by atoms with E-state index in [-0.39, 0.29) is 22.9 Å². The lowest BCUT2D eigenvalue weighted by molar-refractivity contribution is 0.223. The Bertz CT molecular complexity index is 1080. The fraction of sp³-hybridized carbons (Fsp3) is 0.235. The average molecular weight is 360 g/mol. The zero-order valence-electron chi connectivity index (χ0n) is 13.2. The highest BCUT2D eigenvalue weighted by Gasteiger charge is 2.22. The predicted molar refractivity (Wildman–Crippen MR) is 91.2 cm³/mol. The summed E-state index contributed by atoms with van der Waals surface area (Å²) in [6, 6.07) is 12.0. The van der Waals surface area contributed by atoms with Crippen molar-refractivity contribution in [3.63, 3.8) is 0 Å². The molecule has 25 heavy (non-hydrogen) atoms. The van der Waals surface area contributed by atoms with E-state index in [4.69, 9.17) is 9.15 Å². The number of benzene rings is 2. The lowest BCUT2D eigenvalue weighted by Crippen LogP contribution is -2.34. The van der Waals surface area contributed by atoms with Crippen LogP contribution >= 0.6 is 0 Å². The first kappa shape index (κ1) is 15.9. The SMILES string of the molecule is O=c1[nH]c2ccc(S(=O)(=O)NC[C@@H]3COc4ccccc4C3)cc2o1. The number of hydrogen-bond donors (Lipinski definition) is 2. The van der Waals surface area contributed by atoms with Crippen LogP contribution in [-0.2, 0) is 16.4 Å². The quantitative estimate of drug-likeness (QED) is 0.737. The molecule has 0 saturated carbocycles. The van der Waals surface area contributed by atoms with Crippen LogP contribution in [0.3, 0.4) is 0 Å². The van der Waals surface area contributed by atoms with Crippen molar-refractivity contribution in [2.45, 2.75) is 11.3 Å². The van der Waals surface area contributed by atoms with Gasteiger partial charge in [0.1, 0.15) is 5.75 Å². The zero-order chi connectivity index (χ0) is 17.4. The van der Waals surface area contributed by atoms with E-state index in [1.165, 1.54) is 18.2 Å². The molecule has 0 fully saturated rings. The van der Waals surface area contributed by atoms with Crippen LogP contribution in [0.5, 0.6) is 5.75 Å². The summed E-state index contributed by atoms with van der Waals surface area (Å²) < 4.78 is 38.2. The number of para-hydroxylation sites is 1. The number of hydrogen-bond acceptors (Lipinski definition) is 5. The van der Waals surface area contributed by atoms with Gasteiger partial charge in [0.15, 0.2) is 5.58 Å². The fourth-order valence-corrected chi connectivity index (χ4v) is 4.06. The van der Waals surface area contributed by atoms with Crippen LogP contribution in [0.15, 0.2) is 56.6 Å². The molecule has 1 aliphatic heterocycles. The molecule has 0 aliphatic carbocycles. The molecular formula is C17H16N2O5S. The second-order valence-electron chi connectivity index (χ2n) is 6.01. The van der Waals surface area contributed by atoms with Gasteiger partial charge < -0.3 is 9.15 Å². The van der Waals surface area contributed by atoms with Crippen molar-refractivity contribution < 1.29 is 17.6 Å². The van der Waals surface area contributed by atoms with E-state index in [9.17, 15) is 13.2 Å². The molecule has 3 aromatic rings. The van der Waals surface area contributed by atoms with Gasteiger partial charge in [-0.3, -0.25) is 4.98 Å². The van der Waals surface area contributed by atoms with Crippen molar-refractivity contribution in [3.8, 4) is 5.75 Å². The van der Waals surface area contributed by atoms with Crippen LogP contribution in [0.2, 0.25) is 0 Å². The molecule has 1 atom stereocenters. The molecule has 1 aromatic heterocycles. The molecule has 0 spiro atoms. The standard InChI is InChI=1S/C17H16N2O5S/c20-17-19-14-6-5-13(8-16(14)24-17)25(21,22)18-9-11-7-12-3-1-2-4-15(12)23-10-11/h1-6,8,11,18H,7,9-10H2,(H,19,20)/t11-/m1/s1. The molecule has 7 nitrogen and oxygen atoms in total. The van der Waals surface area contributed by atoms with Gasteiger partial charge in [-0.1, -0.05) is 18.2 Å². The Kier molecular flexibility index (Phi) is 3.85. The first-order chi connectivity index (χ1) is 12.0. The third-order valence-electron chi connectivity index (χ3n) is 4.22. The number of aromatic amines is 1. The molecular weight excluding hydrogens is 344 g/mol. The molecule has 2 aromatic carbocycles. The smallest absolute Gasteiger partial charge is 0.417 e. The minimum absolute atomic E-state index is 0.0543. The Balaban J connectivity index is 1.48. The van der Waals surface area contributed by atoms with Crippen molar-refractivity contribution in [2.75, 3.05) is 13.2 Å². The van der Waals surface area contributed by atoms with Gasteiger partial charge in [-0.2, -0.15) is 0 Å². The summed E-state index contributed by atoms with van der Waals surface area (Å²) in [7, 11) is -3.70. The van der Waals surface area contributed by atoms with Crippen LogP contribution in [0.4, 0.5) is 0 Å². The van der Waals surface area contributed by atoms with Crippen LogP contribution in [0, 0.1) is 5.92 Å². The van der Waals surface area contributed by atoms with E-state index in [0.717, 1.165) is 17.7 Å². The monoisotopic (exact) mass is 360 g/mol. The molecule has 0 bridgehead atoms. The minimum Gasteiger partial charge on any atom is -0.493 e. The second-order valence-corrected chi connectivity index (χ2v) is 7.78. The van der Waals surface area contributed by atoms with E-state index in [0.29, 0.717) is 12.1 Å². The highest BCUT2D eigenvalue weighted by molar-refractivity contribution is 7.89. The van der Waals surface area contributed by atoms with Gasteiger partial charge in [0.05, 0.1) is 17.0 Å². The lowest BCUT2D eigenvalue weighted by Gasteiger charge is -2.25. The van der Waals surface area contributed by atoms with E-state index in [1.807, 2.05) is 24.3 Å². The molecule has 0 amide bonds. The molecule has 0 unspecified atom stereocenters. The van der Waals surface area contributed by atoms with E-state index in [1.54, 1.807) is 0 Å². The largest absolute Gasteiger partial charge is 0.493 e. The van der Waals surface area contributed by atoms with Crippen molar-refractivity contribution in [2.24, 2.45) is 5.92 Å². The van der Waals surface area contributed by atoms with Gasteiger partial charge >= 0.3 is 5.76 Å². The van der Waals surface area contributed by atoms with Gasteiger partial charge in [-0.25, -0.2) is 17.9 Å². The molecule has 0 saturated heterocycles. The topological polar surface area (TPSA) is 101 Å². The second kappa shape index (κ2) is 6.05. The molecule has 1 aliphatic rings. The Hall–Kier alpha value is -2.58. The van der Waals surface area contributed by atoms with Gasteiger partial charge in [0.25, 0.3) is 0 Å². The molecule has 8 heteroatoms. The maximum Gasteiger partial charge on any atom is 0.417 e. The number of sulfonamides is 1. The number of fused-ring (bicyclic) bond motifs is 2. The zero-order valence-corrected chi connectivity index (χ0v) is 14.0. The summed E-state index contributed by atoms with van der Waals surface area (Å²) in [4.78, 5) is 13.7. The number of aromatic nitrogens is 1. The third-order valence-corrected chi connectivity index (χ3v) is 5.64. The first-order valence-electron chi connectivity index (χ1n) is 7.84. The number of oxazole rings is 1. The highest BCUT2D eigenvalue weighted by atomic mass is 32.2. The Labute approximate surface area is 143 Å². The molecule has 2 heterocycles. The van der Waals surface area contributed by atoms with E-state index in [2.05, 4.69) is 9.71 Å². The van der Waals surface area contributed by atoms with Crippen LogP contribution in [0.1, 0.15) is 5.56 Å². The average Bonchev–Trinajstić information content (AvgIpc) is 2.99. The van der Waals surface area contributed by atoms with E-state index < -0.39 is 15.8 Å². The van der Waals surface area contributed by atoms with Crippen molar-refractivity contribution in [3.05, 3.63) is 58.6 Å². The van der Waals surface area contributed by atoms with Crippen LogP contribution in [-0.4, -0.2) is 26.6 Å². The lowest BCUT2D eigenvalue weighted by atomic mass is 9.97. The molecule has 4 rings (SSSR count). The van der Waals surface area contributed by atoms with Crippen molar-refractivity contribution in [1.29, 1.82) is 0 Å². The summed E-state index contributed by atoms with van der Waals surface area (Å²) in [6.45, 7) is 0.733. The number of ether oxygens (including phenoxy) is 1. The molecule has 0 radical (unpaired) electrons. The van der Waals surface area contributed by atoms with Gasteiger partial charge in [-0.15, -0.1) is 0 Å². The Morgan fingerprint density at radius 3 is 2.92 bits per heavy atom. The molecule has 130 valence electrons. The summed E-state index contributed by atoms with van der Waals surface area (Å²) in [5, 5.41) is 0. The first-order valence-corrected chi connectivity index (χ1v) is 9.33. The summed E-state index contributed by atoms with van der Waals surface area (Å²) in [6.07, 6.45) is 0.754. The molecule has 2 N–H and O–H groups in total. The summed E-state index contributed by atoms with van der Waals surface area (Å²) in [5.74, 6) is 0.295. The highest BCUT2D eigenvalue weighted by Crippen LogP contribution is 2.26. The van der Waals surface area contributed by atoms with Gasteiger partial charge in [-0.05, 0) is 30.2 Å². The van der Waals surface area contributed by atoms with Crippen LogP contribution in [0.25, 0.3) is 11.1 Å². The minimum atomic E-state index is -3.70. The Morgan fingerprint density at radius 1 is 1.20 bits per heavy atom. The number of nitrogens with one attached hydrogen (secondary N) is 2. The van der Waals surface area contributed by atoms with Gasteiger partial charge in [0.2, 0.25) is 10.0 Å². The maximum atomic E-state index is 12.5. The summed E-state index contributed by atoms with van der Waals surface area (Å²) in [5.41, 5.74) is 1.75. The number of rotatable bonds is 4. The van der Waals surface area contributed by atoms with Crippen molar-refractivity contribution in [1.82, 2.24) is 9.71 Å². The predicted octanol–water partition coefficient (Wildman–Crippen LogP) is 1.65. The van der Waals surface area contributed by atoms with Gasteiger partial charge in [0, 0.05) is 18.5 Å². The summed E-state index contributed by atoms with van der Waals surface area (Å²) >= 11 is 0. The third kappa shape index (κ3) is 3.18. The fourth-order valence-electron chi connectivity index (χ4n) is 2.93. The van der Waals surface area contributed by atoms with E-state index >= 15 is 0 Å². The van der Waals surface area contributed by atoms with Crippen LogP contribution < -0.4 is 15.2 Å².